The minimum atomic E-state index is -0.671. The Morgan fingerprint density at radius 1 is 0.838 bits per heavy atom. The Kier molecular flexibility index (Phi) is 9.90. The number of carbonyl (C=O) groups is 2. The first kappa shape index (κ1) is 28.0. The molecule has 0 fully saturated rings. The first-order valence-corrected chi connectivity index (χ1v) is 13.0. The number of nitrogens with zero attached hydrogens (tertiary/aromatic N) is 1. The van der Waals surface area contributed by atoms with Gasteiger partial charge in [-0.25, -0.2) is 0 Å². The first-order chi connectivity index (χ1) is 17.6. The predicted octanol–water partition coefficient (Wildman–Crippen LogP) is 5.78. The third-order valence-corrected chi connectivity index (χ3v) is 6.20. The summed E-state index contributed by atoms with van der Waals surface area (Å²) in [6, 6.07) is 26.8. The Morgan fingerprint density at radius 3 is 2.00 bits per heavy atom. The SMILES string of the molecule is CC(C)CNC(=O)[C@H](Cc1ccccc1)N(Cc1ccccc1)C(=O)COc1ccccc1C(C)(C)C. The summed E-state index contributed by atoms with van der Waals surface area (Å²) >= 11 is 0. The van der Waals surface area contributed by atoms with Crippen LogP contribution in [0, 0.1) is 5.92 Å². The molecular formula is C32H40N2O3. The number of benzene rings is 3. The van der Waals surface area contributed by atoms with Crippen LogP contribution >= 0.6 is 0 Å². The van der Waals surface area contributed by atoms with Crippen molar-refractivity contribution in [2.45, 2.75) is 59.0 Å². The summed E-state index contributed by atoms with van der Waals surface area (Å²) in [6.45, 7) is 11.2. The molecule has 5 heteroatoms. The molecule has 1 N–H and O–H groups in total. The van der Waals surface area contributed by atoms with Crippen LogP contribution in [-0.2, 0) is 28.0 Å². The summed E-state index contributed by atoms with van der Waals surface area (Å²) in [7, 11) is 0. The summed E-state index contributed by atoms with van der Waals surface area (Å²) in [4.78, 5) is 28.9. The average Bonchev–Trinajstić information content (AvgIpc) is 2.88. The van der Waals surface area contributed by atoms with Crippen molar-refractivity contribution in [1.29, 1.82) is 0 Å². The Bertz CT molecular complexity index is 1140. The number of hydrogen-bond donors (Lipinski definition) is 1. The van der Waals surface area contributed by atoms with Crippen LogP contribution in [0.5, 0.6) is 5.75 Å². The summed E-state index contributed by atoms with van der Waals surface area (Å²) in [5.74, 6) is 0.605. The van der Waals surface area contributed by atoms with Crippen LogP contribution in [0.2, 0.25) is 0 Å². The van der Waals surface area contributed by atoms with E-state index in [1.807, 2.05) is 84.9 Å². The molecule has 0 aliphatic rings. The summed E-state index contributed by atoms with van der Waals surface area (Å²) in [5.41, 5.74) is 2.86. The van der Waals surface area contributed by atoms with E-state index in [0.29, 0.717) is 31.2 Å². The smallest absolute Gasteiger partial charge is 0.261 e. The molecule has 0 aromatic heterocycles. The number of nitrogens with one attached hydrogen (secondary N) is 1. The fourth-order valence-corrected chi connectivity index (χ4v) is 4.19. The number of ether oxygens (including phenoxy) is 1. The number of amides is 2. The van der Waals surface area contributed by atoms with E-state index in [2.05, 4.69) is 39.9 Å². The van der Waals surface area contributed by atoms with Crippen molar-refractivity contribution in [3.63, 3.8) is 0 Å². The second-order valence-corrected chi connectivity index (χ2v) is 10.9. The molecule has 0 aliphatic heterocycles. The predicted molar refractivity (Wildman–Crippen MR) is 149 cm³/mol. The highest BCUT2D eigenvalue weighted by molar-refractivity contribution is 5.88. The zero-order valence-corrected chi connectivity index (χ0v) is 22.7. The Labute approximate surface area is 221 Å². The van der Waals surface area contributed by atoms with Crippen LogP contribution in [0.3, 0.4) is 0 Å². The maximum absolute atomic E-state index is 13.8. The van der Waals surface area contributed by atoms with E-state index in [1.165, 1.54) is 0 Å². The van der Waals surface area contributed by atoms with Crippen molar-refractivity contribution < 1.29 is 14.3 Å². The molecule has 3 aromatic carbocycles. The van der Waals surface area contributed by atoms with Crippen molar-refractivity contribution in [1.82, 2.24) is 10.2 Å². The molecule has 0 saturated carbocycles. The Balaban J connectivity index is 1.91. The lowest BCUT2D eigenvalue weighted by atomic mass is 9.86. The van der Waals surface area contributed by atoms with Gasteiger partial charge in [0.2, 0.25) is 5.91 Å². The molecule has 37 heavy (non-hydrogen) atoms. The van der Waals surface area contributed by atoms with E-state index < -0.39 is 6.04 Å². The van der Waals surface area contributed by atoms with E-state index >= 15 is 0 Å². The molecule has 5 nitrogen and oxygen atoms in total. The van der Waals surface area contributed by atoms with E-state index in [0.717, 1.165) is 16.7 Å². The standard InChI is InChI=1S/C32H40N2O3/c1-24(2)21-33-31(36)28(20-25-14-8-6-9-15-25)34(22-26-16-10-7-11-17-26)30(35)23-37-29-19-13-12-18-27(29)32(3,4)5/h6-19,24,28H,20-23H2,1-5H3,(H,33,36)/t28-/m0/s1. The van der Waals surface area contributed by atoms with Gasteiger partial charge < -0.3 is 15.0 Å². The van der Waals surface area contributed by atoms with E-state index in [4.69, 9.17) is 4.74 Å². The van der Waals surface area contributed by atoms with E-state index in [1.54, 1.807) is 4.90 Å². The topological polar surface area (TPSA) is 58.6 Å². The Morgan fingerprint density at radius 2 is 1.41 bits per heavy atom. The van der Waals surface area contributed by atoms with Crippen LogP contribution in [0.1, 0.15) is 51.3 Å². The molecule has 0 aliphatic carbocycles. The van der Waals surface area contributed by atoms with Gasteiger partial charge in [0, 0.05) is 19.5 Å². The van der Waals surface area contributed by atoms with Gasteiger partial charge in [-0.2, -0.15) is 0 Å². The van der Waals surface area contributed by atoms with E-state index in [9.17, 15) is 9.59 Å². The second kappa shape index (κ2) is 13.1. The zero-order valence-electron chi connectivity index (χ0n) is 22.7. The molecule has 0 heterocycles. The maximum atomic E-state index is 13.8. The van der Waals surface area contributed by atoms with Crippen molar-refractivity contribution in [2.75, 3.05) is 13.2 Å². The van der Waals surface area contributed by atoms with Crippen molar-refractivity contribution >= 4 is 11.8 Å². The van der Waals surface area contributed by atoms with E-state index in [-0.39, 0.29) is 23.8 Å². The quantitative estimate of drug-likeness (QED) is 0.363. The normalized spacial score (nSPS) is 12.2. The summed E-state index contributed by atoms with van der Waals surface area (Å²) < 4.78 is 6.10. The number of hydrogen-bond acceptors (Lipinski definition) is 3. The number of rotatable bonds is 11. The molecule has 0 unspecified atom stereocenters. The average molecular weight is 501 g/mol. The van der Waals surface area contributed by atoms with Gasteiger partial charge in [-0.05, 0) is 34.1 Å². The van der Waals surface area contributed by atoms with Crippen LogP contribution < -0.4 is 10.1 Å². The van der Waals surface area contributed by atoms with Crippen molar-refractivity contribution in [2.24, 2.45) is 5.92 Å². The highest BCUT2D eigenvalue weighted by atomic mass is 16.5. The lowest BCUT2D eigenvalue weighted by Gasteiger charge is -2.32. The van der Waals surface area contributed by atoms with Crippen LogP contribution in [0.4, 0.5) is 0 Å². The highest BCUT2D eigenvalue weighted by Gasteiger charge is 2.31. The fraction of sp³-hybridized carbons (Fsp3) is 0.375. The van der Waals surface area contributed by atoms with Crippen molar-refractivity contribution in [3.8, 4) is 5.75 Å². The second-order valence-electron chi connectivity index (χ2n) is 10.9. The lowest BCUT2D eigenvalue weighted by Crippen LogP contribution is -2.52. The molecule has 196 valence electrons. The van der Waals surface area contributed by atoms with Gasteiger partial charge in [-0.3, -0.25) is 9.59 Å². The highest BCUT2D eigenvalue weighted by Crippen LogP contribution is 2.31. The molecule has 3 aromatic rings. The number of para-hydroxylation sites is 1. The molecular weight excluding hydrogens is 460 g/mol. The molecule has 2 amide bonds. The van der Waals surface area contributed by atoms with Gasteiger partial charge in [0.1, 0.15) is 11.8 Å². The van der Waals surface area contributed by atoms with Gasteiger partial charge in [-0.1, -0.05) is 113 Å². The third-order valence-electron chi connectivity index (χ3n) is 6.20. The molecule has 3 rings (SSSR count). The summed E-state index contributed by atoms with van der Waals surface area (Å²) in [6.07, 6.45) is 0.419. The minimum absolute atomic E-state index is 0.129. The minimum Gasteiger partial charge on any atom is -0.483 e. The first-order valence-electron chi connectivity index (χ1n) is 13.0. The third kappa shape index (κ3) is 8.49. The Hall–Kier alpha value is -3.60. The molecule has 0 spiro atoms. The van der Waals surface area contributed by atoms with Crippen LogP contribution in [-0.4, -0.2) is 35.9 Å². The maximum Gasteiger partial charge on any atom is 0.261 e. The zero-order chi connectivity index (χ0) is 26.8. The van der Waals surface area contributed by atoms with Gasteiger partial charge >= 0.3 is 0 Å². The number of carbonyl (C=O) groups excluding carboxylic acids is 2. The monoisotopic (exact) mass is 500 g/mol. The molecule has 1 atom stereocenters. The summed E-state index contributed by atoms with van der Waals surface area (Å²) in [5, 5.41) is 3.05. The molecule has 0 radical (unpaired) electrons. The fourth-order valence-electron chi connectivity index (χ4n) is 4.19. The lowest BCUT2D eigenvalue weighted by molar-refractivity contribution is -0.142. The molecule has 0 saturated heterocycles. The van der Waals surface area contributed by atoms with Crippen LogP contribution in [0.25, 0.3) is 0 Å². The van der Waals surface area contributed by atoms with Gasteiger partial charge in [0.15, 0.2) is 6.61 Å². The van der Waals surface area contributed by atoms with Gasteiger partial charge in [-0.15, -0.1) is 0 Å². The van der Waals surface area contributed by atoms with Gasteiger partial charge in [0.25, 0.3) is 5.91 Å². The van der Waals surface area contributed by atoms with Crippen molar-refractivity contribution in [3.05, 3.63) is 102 Å². The van der Waals surface area contributed by atoms with Gasteiger partial charge in [0.05, 0.1) is 0 Å². The molecule has 0 bridgehead atoms. The van der Waals surface area contributed by atoms with Crippen LogP contribution in [0.15, 0.2) is 84.9 Å². The largest absolute Gasteiger partial charge is 0.483 e.